The van der Waals surface area contributed by atoms with Crippen LogP contribution in [0, 0.1) is 16.6 Å². The molecule has 2 heterocycles. The second-order valence-corrected chi connectivity index (χ2v) is 8.72. The fraction of sp³-hybridized carbons (Fsp3) is 0.571. The SMILES string of the molecule is CCCn1c(=O)c2ccccc2n2c(=S)n(CN(CC(C)C)CC(C)C)nc12. The highest BCUT2D eigenvalue weighted by molar-refractivity contribution is 7.71. The highest BCUT2D eigenvalue weighted by Gasteiger charge is 2.17. The number of nitrogens with zero attached hydrogens (tertiary/aromatic N) is 5. The molecule has 28 heavy (non-hydrogen) atoms. The third-order valence-corrected chi connectivity index (χ3v) is 5.11. The van der Waals surface area contributed by atoms with Crippen LogP contribution in [0.2, 0.25) is 0 Å². The quantitative estimate of drug-likeness (QED) is 0.532. The Labute approximate surface area is 171 Å². The Bertz CT molecular complexity index is 1070. The number of aromatic nitrogens is 4. The third kappa shape index (κ3) is 4.05. The molecule has 3 aromatic rings. The van der Waals surface area contributed by atoms with Crippen molar-refractivity contribution in [3.8, 4) is 0 Å². The number of rotatable bonds is 8. The second-order valence-electron chi connectivity index (χ2n) is 8.36. The van der Waals surface area contributed by atoms with E-state index in [4.69, 9.17) is 17.3 Å². The first-order valence-corrected chi connectivity index (χ1v) is 10.6. The lowest BCUT2D eigenvalue weighted by molar-refractivity contribution is 0.165. The molecule has 6 nitrogen and oxygen atoms in total. The van der Waals surface area contributed by atoms with Gasteiger partial charge < -0.3 is 0 Å². The smallest absolute Gasteiger partial charge is 0.262 e. The maximum atomic E-state index is 13.0. The Morgan fingerprint density at radius 1 is 1.11 bits per heavy atom. The number of para-hydroxylation sites is 1. The van der Waals surface area contributed by atoms with Gasteiger partial charge in [0.25, 0.3) is 5.56 Å². The molecule has 7 heteroatoms. The Morgan fingerprint density at radius 3 is 2.36 bits per heavy atom. The van der Waals surface area contributed by atoms with E-state index in [1.165, 1.54) is 0 Å². The zero-order valence-corrected chi connectivity index (χ0v) is 18.4. The van der Waals surface area contributed by atoms with E-state index in [1.54, 1.807) is 4.57 Å². The van der Waals surface area contributed by atoms with Gasteiger partial charge in [0.1, 0.15) is 0 Å². The molecule has 2 aromatic heterocycles. The number of aryl methyl sites for hydroxylation is 1. The van der Waals surface area contributed by atoms with Crippen LogP contribution < -0.4 is 5.56 Å². The molecular weight excluding hydrogens is 370 g/mol. The Kier molecular flexibility index (Phi) is 6.35. The molecule has 0 saturated carbocycles. The Balaban J connectivity index is 2.19. The van der Waals surface area contributed by atoms with Gasteiger partial charge >= 0.3 is 0 Å². The van der Waals surface area contributed by atoms with Gasteiger partial charge in [0, 0.05) is 19.6 Å². The largest absolute Gasteiger partial charge is 0.284 e. The lowest BCUT2D eigenvalue weighted by atomic mass is 10.1. The molecule has 152 valence electrons. The monoisotopic (exact) mass is 401 g/mol. The zero-order chi connectivity index (χ0) is 20.4. The average Bonchev–Trinajstić information content (AvgIpc) is 2.94. The minimum Gasteiger partial charge on any atom is -0.284 e. The van der Waals surface area contributed by atoms with Crippen molar-refractivity contribution in [1.29, 1.82) is 0 Å². The summed E-state index contributed by atoms with van der Waals surface area (Å²) in [5.41, 5.74) is 0.823. The highest BCUT2D eigenvalue weighted by atomic mass is 32.1. The van der Waals surface area contributed by atoms with Crippen molar-refractivity contribution < 1.29 is 0 Å². The van der Waals surface area contributed by atoms with Crippen molar-refractivity contribution >= 4 is 28.9 Å². The molecule has 0 N–H and O–H groups in total. The van der Waals surface area contributed by atoms with Crippen LogP contribution in [0.25, 0.3) is 16.7 Å². The number of hydrogen-bond donors (Lipinski definition) is 0. The summed E-state index contributed by atoms with van der Waals surface area (Å²) in [6.07, 6.45) is 0.861. The van der Waals surface area contributed by atoms with E-state index >= 15 is 0 Å². The number of benzene rings is 1. The molecule has 0 fully saturated rings. The van der Waals surface area contributed by atoms with Gasteiger partial charge in [-0.3, -0.25) is 18.7 Å². The molecule has 0 amide bonds. The Hall–Kier alpha value is -1.99. The van der Waals surface area contributed by atoms with Crippen LogP contribution >= 0.6 is 12.2 Å². The van der Waals surface area contributed by atoms with Crippen LogP contribution in [-0.4, -0.2) is 36.7 Å². The van der Waals surface area contributed by atoms with Crippen molar-refractivity contribution in [2.24, 2.45) is 11.8 Å². The van der Waals surface area contributed by atoms with E-state index in [9.17, 15) is 4.79 Å². The van der Waals surface area contributed by atoms with E-state index in [2.05, 4.69) is 39.5 Å². The zero-order valence-electron chi connectivity index (χ0n) is 17.6. The number of fused-ring (bicyclic) bond motifs is 3. The summed E-state index contributed by atoms with van der Waals surface area (Å²) < 4.78 is 6.20. The van der Waals surface area contributed by atoms with Crippen molar-refractivity contribution in [2.75, 3.05) is 13.1 Å². The lowest BCUT2D eigenvalue weighted by Crippen LogP contribution is -2.33. The van der Waals surface area contributed by atoms with Crippen molar-refractivity contribution in [2.45, 2.75) is 54.3 Å². The highest BCUT2D eigenvalue weighted by Crippen LogP contribution is 2.15. The minimum atomic E-state index is -0.00156. The normalized spacial score (nSPS) is 12.3. The maximum Gasteiger partial charge on any atom is 0.262 e. The first-order chi connectivity index (χ1) is 13.3. The molecule has 0 aliphatic rings. The van der Waals surface area contributed by atoms with E-state index < -0.39 is 0 Å². The van der Waals surface area contributed by atoms with Gasteiger partial charge in [-0.25, -0.2) is 4.68 Å². The summed E-state index contributed by atoms with van der Waals surface area (Å²) in [5, 5.41) is 5.47. The molecule has 0 spiro atoms. The van der Waals surface area contributed by atoms with Gasteiger partial charge in [0.05, 0.1) is 17.6 Å². The molecule has 3 rings (SSSR count). The van der Waals surface area contributed by atoms with E-state index in [0.29, 0.717) is 41.0 Å². The van der Waals surface area contributed by atoms with Crippen molar-refractivity contribution in [3.63, 3.8) is 0 Å². The van der Waals surface area contributed by atoms with E-state index in [1.807, 2.05) is 33.3 Å². The summed E-state index contributed by atoms with van der Waals surface area (Å²) in [7, 11) is 0. The standard InChI is InChI=1S/C21H31N5OS/c1-6-11-24-19(27)17-9-7-8-10-18(17)26-20(24)22-25(21(26)28)14-23(12-15(2)3)13-16(4)5/h7-10,15-16H,6,11-14H2,1-5H3. The third-order valence-electron chi connectivity index (χ3n) is 4.71. The van der Waals surface area contributed by atoms with E-state index in [0.717, 1.165) is 25.0 Å². The first-order valence-electron chi connectivity index (χ1n) is 10.2. The molecular formula is C21H31N5OS. The van der Waals surface area contributed by atoms with Crippen LogP contribution in [0.1, 0.15) is 41.0 Å². The fourth-order valence-electron chi connectivity index (χ4n) is 3.80. The van der Waals surface area contributed by atoms with Gasteiger partial charge in [-0.1, -0.05) is 46.8 Å². The first kappa shape index (κ1) is 20.7. The summed E-state index contributed by atoms with van der Waals surface area (Å²) in [6.45, 7) is 14.2. The van der Waals surface area contributed by atoms with Crippen molar-refractivity contribution in [1.82, 2.24) is 23.6 Å². The van der Waals surface area contributed by atoms with Crippen LogP contribution in [0.15, 0.2) is 29.1 Å². The van der Waals surface area contributed by atoms with Gasteiger partial charge in [-0.2, -0.15) is 0 Å². The lowest BCUT2D eigenvalue weighted by Gasteiger charge is -2.25. The van der Waals surface area contributed by atoms with Gasteiger partial charge in [-0.05, 0) is 42.6 Å². The number of hydrogen-bond acceptors (Lipinski definition) is 4. The Morgan fingerprint density at radius 2 is 1.75 bits per heavy atom. The van der Waals surface area contributed by atoms with Crippen LogP contribution in [-0.2, 0) is 13.2 Å². The molecule has 0 unspecified atom stereocenters. The summed E-state index contributed by atoms with van der Waals surface area (Å²) in [5.74, 6) is 1.75. The van der Waals surface area contributed by atoms with Gasteiger partial charge in [0.15, 0.2) is 0 Å². The van der Waals surface area contributed by atoms with E-state index in [-0.39, 0.29) is 5.56 Å². The van der Waals surface area contributed by atoms with Crippen LogP contribution in [0.4, 0.5) is 0 Å². The topological polar surface area (TPSA) is 47.5 Å². The van der Waals surface area contributed by atoms with Crippen LogP contribution in [0.3, 0.4) is 0 Å². The summed E-state index contributed by atoms with van der Waals surface area (Å²) in [6, 6.07) is 7.65. The summed E-state index contributed by atoms with van der Waals surface area (Å²) >= 11 is 5.81. The maximum absolute atomic E-state index is 13.0. The van der Waals surface area contributed by atoms with Crippen molar-refractivity contribution in [3.05, 3.63) is 39.4 Å². The van der Waals surface area contributed by atoms with Crippen LogP contribution in [0.5, 0.6) is 0 Å². The second kappa shape index (κ2) is 8.57. The van der Waals surface area contributed by atoms with Gasteiger partial charge in [0.2, 0.25) is 10.5 Å². The molecule has 0 radical (unpaired) electrons. The molecule has 1 aromatic carbocycles. The fourth-order valence-corrected chi connectivity index (χ4v) is 4.08. The van der Waals surface area contributed by atoms with Gasteiger partial charge in [-0.15, -0.1) is 5.10 Å². The predicted octanol–water partition coefficient (Wildman–Crippen LogP) is 4.16. The average molecular weight is 402 g/mol. The molecule has 0 bridgehead atoms. The molecule has 0 aliphatic carbocycles. The predicted molar refractivity (Wildman–Crippen MR) is 117 cm³/mol. The molecule has 0 saturated heterocycles. The molecule has 0 atom stereocenters. The minimum absolute atomic E-state index is 0.00156. The molecule has 0 aliphatic heterocycles. The summed E-state index contributed by atoms with van der Waals surface area (Å²) in [4.78, 5) is 15.4.